The van der Waals surface area contributed by atoms with Gasteiger partial charge >= 0.3 is 12.0 Å². The predicted molar refractivity (Wildman–Crippen MR) is 79.6 cm³/mol. The molecule has 3 rings (SSSR count). The summed E-state index contributed by atoms with van der Waals surface area (Å²) in [7, 11) is 0. The summed E-state index contributed by atoms with van der Waals surface area (Å²) in [5.74, 6) is -0.529. The first-order valence-corrected chi connectivity index (χ1v) is 8.18. The van der Waals surface area contributed by atoms with E-state index in [1.807, 2.05) is 12.3 Å². The van der Waals surface area contributed by atoms with Crippen molar-refractivity contribution in [3.8, 4) is 0 Å². The summed E-state index contributed by atoms with van der Waals surface area (Å²) in [6, 6.07) is -0.245. The zero-order valence-electron chi connectivity index (χ0n) is 11.9. The highest BCUT2D eigenvalue weighted by Crippen LogP contribution is 2.40. The molecular formula is C14H19N3O3S. The van der Waals surface area contributed by atoms with Crippen molar-refractivity contribution >= 4 is 28.5 Å². The van der Waals surface area contributed by atoms with Crippen LogP contribution in [0.5, 0.6) is 0 Å². The number of hydrogen-bond acceptors (Lipinski definition) is 4. The Morgan fingerprint density at radius 1 is 1.43 bits per heavy atom. The zero-order chi connectivity index (χ0) is 15.0. The van der Waals surface area contributed by atoms with E-state index in [4.69, 9.17) is 5.11 Å². The number of urea groups is 1. The number of thiazole rings is 1. The molecule has 0 radical (unpaired) electrons. The molecule has 1 saturated heterocycles. The van der Waals surface area contributed by atoms with E-state index in [-0.39, 0.29) is 18.0 Å². The van der Waals surface area contributed by atoms with Crippen molar-refractivity contribution in [2.75, 3.05) is 11.9 Å². The SMILES string of the molecule is CC1CC(C(=O)O)CCN1C(=O)Nc1nc(C2CC2)cs1. The van der Waals surface area contributed by atoms with Gasteiger partial charge in [0.15, 0.2) is 5.13 Å². The second kappa shape index (κ2) is 5.63. The number of amides is 2. The maximum atomic E-state index is 12.3. The van der Waals surface area contributed by atoms with Crippen LogP contribution in [0.1, 0.15) is 44.2 Å². The van der Waals surface area contributed by atoms with Crippen LogP contribution in [0.15, 0.2) is 5.38 Å². The van der Waals surface area contributed by atoms with E-state index < -0.39 is 5.97 Å². The number of carboxylic acid groups (broad SMARTS) is 1. The molecule has 1 aliphatic heterocycles. The highest BCUT2D eigenvalue weighted by Gasteiger charge is 2.32. The lowest BCUT2D eigenvalue weighted by Gasteiger charge is -2.35. The summed E-state index contributed by atoms with van der Waals surface area (Å²) >= 11 is 1.45. The largest absolute Gasteiger partial charge is 0.481 e. The number of carboxylic acids is 1. The number of carbonyl (C=O) groups is 2. The van der Waals surface area contributed by atoms with Crippen molar-refractivity contribution in [2.24, 2.45) is 5.92 Å². The van der Waals surface area contributed by atoms with Crippen LogP contribution in [0.2, 0.25) is 0 Å². The second-order valence-corrected chi connectivity index (χ2v) is 6.74. The zero-order valence-corrected chi connectivity index (χ0v) is 12.7. The summed E-state index contributed by atoms with van der Waals surface area (Å²) in [5.41, 5.74) is 1.08. The van der Waals surface area contributed by atoms with Crippen LogP contribution >= 0.6 is 11.3 Å². The van der Waals surface area contributed by atoms with Gasteiger partial charge in [-0.3, -0.25) is 10.1 Å². The van der Waals surface area contributed by atoms with E-state index in [0.717, 1.165) is 5.69 Å². The molecular weight excluding hydrogens is 290 g/mol. The molecule has 0 aromatic carbocycles. The Balaban J connectivity index is 1.58. The number of hydrogen-bond donors (Lipinski definition) is 2. The smallest absolute Gasteiger partial charge is 0.323 e. The summed E-state index contributed by atoms with van der Waals surface area (Å²) in [5, 5.41) is 14.5. The number of aliphatic carboxylic acids is 1. The number of rotatable bonds is 3. The summed E-state index contributed by atoms with van der Waals surface area (Å²) < 4.78 is 0. The van der Waals surface area contributed by atoms with Crippen LogP contribution < -0.4 is 5.32 Å². The van der Waals surface area contributed by atoms with Crippen LogP contribution in [0.25, 0.3) is 0 Å². The summed E-state index contributed by atoms with van der Waals surface area (Å²) in [6.07, 6.45) is 3.40. The quantitative estimate of drug-likeness (QED) is 0.899. The van der Waals surface area contributed by atoms with Gasteiger partial charge in [-0.1, -0.05) is 0 Å². The standard InChI is InChI=1S/C14H19N3O3S/c1-8-6-10(12(18)19)4-5-17(8)14(20)16-13-15-11(7-21-13)9-2-3-9/h7-10H,2-6H2,1H3,(H,18,19)(H,15,16,20). The van der Waals surface area contributed by atoms with Crippen molar-refractivity contribution in [1.29, 1.82) is 0 Å². The van der Waals surface area contributed by atoms with Gasteiger partial charge in [0.05, 0.1) is 11.6 Å². The fraction of sp³-hybridized carbons (Fsp3) is 0.643. The van der Waals surface area contributed by atoms with E-state index in [1.165, 1.54) is 24.2 Å². The molecule has 2 aliphatic rings. The van der Waals surface area contributed by atoms with Crippen LogP contribution in [-0.4, -0.2) is 39.6 Å². The first-order valence-electron chi connectivity index (χ1n) is 7.30. The van der Waals surface area contributed by atoms with Gasteiger partial charge < -0.3 is 10.0 Å². The predicted octanol–water partition coefficient (Wildman–Crippen LogP) is 2.74. The van der Waals surface area contributed by atoms with Crippen molar-refractivity contribution in [3.05, 3.63) is 11.1 Å². The number of anilines is 1. The lowest BCUT2D eigenvalue weighted by molar-refractivity contribution is -0.143. The molecule has 1 saturated carbocycles. The first-order chi connectivity index (χ1) is 10.0. The number of aromatic nitrogens is 1. The van der Waals surface area contributed by atoms with Crippen LogP contribution in [0.4, 0.5) is 9.93 Å². The third-order valence-corrected chi connectivity index (χ3v) is 4.99. The lowest BCUT2D eigenvalue weighted by Crippen LogP contribution is -2.47. The Morgan fingerprint density at radius 2 is 2.19 bits per heavy atom. The van der Waals surface area contributed by atoms with Crippen LogP contribution in [-0.2, 0) is 4.79 Å². The second-order valence-electron chi connectivity index (χ2n) is 5.88. The summed E-state index contributed by atoms with van der Waals surface area (Å²) in [4.78, 5) is 29.4. The molecule has 1 aromatic rings. The Morgan fingerprint density at radius 3 is 2.81 bits per heavy atom. The maximum absolute atomic E-state index is 12.3. The van der Waals surface area contributed by atoms with Gasteiger partial charge in [-0.25, -0.2) is 9.78 Å². The molecule has 21 heavy (non-hydrogen) atoms. The number of piperidine rings is 1. The van der Waals surface area contributed by atoms with Crippen molar-refractivity contribution < 1.29 is 14.7 Å². The molecule has 2 fully saturated rings. The van der Waals surface area contributed by atoms with Gasteiger partial charge in [-0.2, -0.15) is 0 Å². The molecule has 7 heteroatoms. The molecule has 0 bridgehead atoms. The molecule has 2 atom stereocenters. The third-order valence-electron chi connectivity index (χ3n) is 4.22. The van der Waals surface area contributed by atoms with E-state index in [2.05, 4.69) is 10.3 Å². The third kappa shape index (κ3) is 3.18. The van der Waals surface area contributed by atoms with Crippen molar-refractivity contribution in [1.82, 2.24) is 9.88 Å². The Kier molecular flexibility index (Phi) is 3.84. The first kappa shape index (κ1) is 14.3. The number of nitrogens with zero attached hydrogens (tertiary/aromatic N) is 2. The fourth-order valence-electron chi connectivity index (χ4n) is 2.77. The molecule has 2 amide bonds. The Bertz CT molecular complexity index is 555. The number of nitrogens with one attached hydrogen (secondary N) is 1. The fourth-order valence-corrected chi connectivity index (χ4v) is 3.55. The van der Waals surface area contributed by atoms with Gasteiger partial charge in [-0.05, 0) is 32.6 Å². The molecule has 1 aliphatic carbocycles. The average molecular weight is 309 g/mol. The van der Waals surface area contributed by atoms with Crippen LogP contribution in [0.3, 0.4) is 0 Å². The lowest BCUT2D eigenvalue weighted by atomic mass is 9.92. The highest BCUT2D eigenvalue weighted by atomic mass is 32.1. The van der Waals surface area contributed by atoms with E-state index >= 15 is 0 Å². The van der Waals surface area contributed by atoms with E-state index in [9.17, 15) is 9.59 Å². The normalized spacial score (nSPS) is 25.7. The molecule has 0 spiro atoms. The monoisotopic (exact) mass is 309 g/mol. The van der Waals surface area contributed by atoms with Crippen molar-refractivity contribution in [3.63, 3.8) is 0 Å². The minimum absolute atomic E-state index is 0.0669. The maximum Gasteiger partial charge on any atom is 0.323 e. The molecule has 2 unspecified atom stereocenters. The van der Waals surface area contributed by atoms with Gasteiger partial charge in [0.2, 0.25) is 0 Å². The van der Waals surface area contributed by atoms with E-state index in [0.29, 0.717) is 30.4 Å². The minimum atomic E-state index is -0.768. The van der Waals surface area contributed by atoms with E-state index in [1.54, 1.807) is 4.90 Å². The average Bonchev–Trinajstić information content (AvgIpc) is 3.19. The van der Waals surface area contributed by atoms with Gasteiger partial charge in [0, 0.05) is 23.9 Å². The summed E-state index contributed by atoms with van der Waals surface area (Å²) in [6.45, 7) is 2.37. The Labute approximate surface area is 127 Å². The molecule has 2 heterocycles. The van der Waals surface area contributed by atoms with Gasteiger partial charge in [0.1, 0.15) is 0 Å². The number of carbonyl (C=O) groups excluding carboxylic acids is 1. The van der Waals surface area contributed by atoms with Gasteiger partial charge in [-0.15, -0.1) is 11.3 Å². The molecule has 114 valence electrons. The highest BCUT2D eigenvalue weighted by molar-refractivity contribution is 7.13. The molecule has 1 aromatic heterocycles. The Hall–Kier alpha value is -1.63. The van der Waals surface area contributed by atoms with Gasteiger partial charge in [0.25, 0.3) is 0 Å². The van der Waals surface area contributed by atoms with Crippen LogP contribution in [0, 0.1) is 5.92 Å². The number of likely N-dealkylation sites (tertiary alicyclic amines) is 1. The minimum Gasteiger partial charge on any atom is -0.481 e. The van der Waals surface area contributed by atoms with Crippen molar-refractivity contribution in [2.45, 2.75) is 44.6 Å². The topological polar surface area (TPSA) is 82.5 Å². The molecule has 6 nitrogen and oxygen atoms in total. The molecule has 2 N–H and O–H groups in total.